The fraction of sp³-hybridized carbons (Fsp3) is 0.333. The molecule has 3 fully saturated rings. The molecule has 1 saturated heterocycles. The highest BCUT2D eigenvalue weighted by molar-refractivity contribution is 9.12. The zero-order chi connectivity index (χ0) is 22.6. The van der Waals surface area contributed by atoms with Crippen LogP contribution < -0.4 is 4.90 Å². The molecule has 0 spiro atoms. The van der Waals surface area contributed by atoms with Gasteiger partial charge in [-0.05, 0) is 42.5 Å². The van der Waals surface area contributed by atoms with E-state index in [4.69, 9.17) is 4.74 Å². The van der Waals surface area contributed by atoms with Crippen LogP contribution >= 0.6 is 31.9 Å². The number of Topliss-reactive ketones (excluding diaryl/α,β-unsaturated/α-hetero) is 1. The Hall–Kier alpha value is -2.32. The van der Waals surface area contributed by atoms with Gasteiger partial charge in [0.15, 0.2) is 12.4 Å². The zero-order valence-electron chi connectivity index (χ0n) is 16.8. The van der Waals surface area contributed by atoms with Crippen molar-refractivity contribution >= 4 is 61.1 Å². The number of hydrogen-bond acceptors (Lipinski definition) is 5. The van der Waals surface area contributed by atoms with Crippen molar-refractivity contribution in [1.29, 1.82) is 0 Å². The summed E-state index contributed by atoms with van der Waals surface area (Å²) >= 11 is 7.36. The molecule has 0 unspecified atom stereocenters. The highest BCUT2D eigenvalue weighted by atomic mass is 79.9. The molecule has 3 aliphatic rings. The minimum Gasteiger partial charge on any atom is -0.454 e. The van der Waals surface area contributed by atoms with Crippen molar-refractivity contribution in [3.05, 3.63) is 65.7 Å². The van der Waals surface area contributed by atoms with Crippen molar-refractivity contribution in [2.75, 3.05) is 11.5 Å². The van der Waals surface area contributed by atoms with Gasteiger partial charge < -0.3 is 4.74 Å². The molecule has 6 nitrogen and oxygen atoms in total. The maximum atomic E-state index is 13.1. The van der Waals surface area contributed by atoms with Crippen LogP contribution in [0.5, 0.6) is 0 Å². The average Bonchev–Trinajstić information content (AvgIpc) is 3.42. The second-order valence-corrected chi connectivity index (χ2v) is 10.5. The van der Waals surface area contributed by atoms with Crippen molar-refractivity contribution in [2.24, 2.45) is 23.7 Å². The van der Waals surface area contributed by atoms with E-state index in [1.54, 1.807) is 42.5 Å². The Balaban J connectivity index is 1.27. The Kier molecular flexibility index (Phi) is 5.53. The predicted octanol–water partition coefficient (Wildman–Crippen LogP) is 4.01. The minimum absolute atomic E-state index is 0.146. The first kappa shape index (κ1) is 21.5. The zero-order valence-corrected chi connectivity index (χ0v) is 20.0. The molecule has 0 radical (unpaired) electrons. The van der Waals surface area contributed by atoms with E-state index in [2.05, 4.69) is 31.9 Å². The fourth-order valence-electron chi connectivity index (χ4n) is 5.27. The van der Waals surface area contributed by atoms with Gasteiger partial charge >= 0.3 is 5.97 Å². The number of fused-ring (bicyclic) bond motifs is 5. The number of amides is 2. The molecule has 5 rings (SSSR count). The lowest BCUT2D eigenvalue weighted by Gasteiger charge is -2.28. The second kappa shape index (κ2) is 8.23. The Labute approximate surface area is 201 Å². The van der Waals surface area contributed by atoms with Gasteiger partial charge in [-0.25, -0.2) is 4.79 Å². The molecule has 2 saturated carbocycles. The quantitative estimate of drug-likeness (QED) is 0.239. The summed E-state index contributed by atoms with van der Waals surface area (Å²) in [5.74, 6) is -1.56. The topological polar surface area (TPSA) is 80.8 Å². The van der Waals surface area contributed by atoms with Crippen LogP contribution in [0.1, 0.15) is 27.1 Å². The van der Waals surface area contributed by atoms with Crippen molar-refractivity contribution in [1.82, 2.24) is 0 Å². The van der Waals surface area contributed by atoms with E-state index in [1.165, 1.54) is 17.0 Å². The van der Waals surface area contributed by atoms with Crippen LogP contribution in [0.15, 0.2) is 54.6 Å². The van der Waals surface area contributed by atoms with Crippen molar-refractivity contribution in [3.63, 3.8) is 0 Å². The first-order valence-electron chi connectivity index (χ1n) is 10.4. The molecule has 0 aromatic heterocycles. The molecule has 2 amide bonds. The molecule has 0 N–H and O–H groups in total. The molecule has 2 aliphatic carbocycles. The summed E-state index contributed by atoms with van der Waals surface area (Å²) in [5, 5.41) is 0. The van der Waals surface area contributed by atoms with E-state index >= 15 is 0 Å². The number of alkyl halides is 2. The lowest BCUT2D eigenvalue weighted by molar-refractivity contribution is -0.123. The van der Waals surface area contributed by atoms with Gasteiger partial charge in [-0.15, -0.1) is 0 Å². The summed E-state index contributed by atoms with van der Waals surface area (Å²) in [7, 11) is 0. The van der Waals surface area contributed by atoms with Gasteiger partial charge in [0.2, 0.25) is 11.8 Å². The van der Waals surface area contributed by atoms with Gasteiger partial charge in [-0.2, -0.15) is 0 Å². The number of carbonyl (C=O) groups excluding carboxylic acids is 4. The third-order valence-corrected chi connectivity index (χ3v) is 9.99. The number of ketones is 1. The molecular weight excluding hydrogens is 542 g/mol. The minimum atomic E-state index is -0.640. The average molecular weight is 561 g/mol. The molecule has 2 bridgehead atoms. The number of ether oxygens (including phenoxy) is 1. The van der Waals surface area contributed by atoms with Crippen LogP contribution in [-0.2, 0) is 14.3 Å². The standard InChI is InChI=1S/C24H19Br2NO5/c25-20-15-10-16(21(20)26)19-18(15)22(29)27(23(19)30)14-8-6-13(7-9-14)24(31)32-11-17(28)12-4-2-1-3-5-12/h1-9,15-16,18-21H,10-11H2/t15-,16-,18-,19+,20-,21+/m0/s1. The first-order chi connectivity index (χ1) is 15.4. The van der Waals surface area contributed by atoms with E-state index in [9.17, 15) is 19.2 Å². The van der Waals surface area contributed by atoms with Gasteiger partial charge in [-0.3, -0.25) is 19.3 Å². The summed E-state index contributed by atoms with van der Waals surface area (Å²) in [6, 6.07) is 14.8. The van der Waals surface area contributed by atoms with Gasteiger partial charge in [0, 0.05) is 15.2 Å². The molecule has 2 aromatic rings. The van der Waals surface area contributed by atoms with E-state index in [0.717, 1.165) is 6.42 Å². The number of hydrogen-bond donors (Lipinski definition) is 0. The molecule has 1 aliphatic heterocycles. The smallest absolute Gasteiger partial charge is 0.338 e. The van der Waals surface area contributed by atoms with Gasteiger partial charge in [0.25, 0.3) is 0 Å². The van der Waals surface area contributed by atoms with E-state index in [1.807, 2.05) is 0 Å². The lowest BCUT2D eigenvalue weighted by Crippen LogP contribution is -2.37. The molecule has 6 atom stereocenters. The molecule has 1 heterocycles. The Morgan fingerprint density at radius 3 is 1.97 bits per heavy atom. The van der Waals surface area contributed by atoms with Crippen molar-refractivity contribution < 1.29 is 23.9 Å². The number of esters is 1. The molecule has 8 heteroatoms. The molecule has 164 valence electrons. The number of anilines is 1. The Morgan fingerprint density at radius 1 is 0.844 bits per heavy atom. The van der Waals surface area contributed by atoms with Gasteiger partial charge in [0.1, 0.15) is 0 Å². The van der Waals surface area contributed by atoms with E-state index < -0.39 is 5.97 Å². The number of imide groups is 1. The molecule has 2 aromatic carbocycles. The number of halogens is 2. The molecule has 32 heavy (non-hydrogen) atoms. The SMILES string of the molecule is O=C(COC(=O)c1ccc(N2C(=O)[C@@H]3[C@@H]4C[C@H]([C@H](Br)[C@@H]4Br)[C@@H]3C2=O)cc1)c1ccccc1. The normalized spacial score (nSPS) is 30.5. The summed E-state index contributed by atoms with van der Waals surface area (Å²) in [6.45, 7) is -0.360. The maximum Gasteiger partial charge on any atom is 0.338 e. The second-order valence-electron chi connectivity index (χ2n) is 8.43. The fourth-order valence-corrected chi connectivity index (χ4v) is 7.15. The number of benzene rings is 2. The van der Waals surface area contributed by atoms with Crippen LogP contribution in [0.25, 0.3) is 0 Å². The first-order valence-corrected chi connectivity index (χ1v) is 12.2. The Bertz CT molecular complexity index is 1070. The monoisotopic (exact) mass is 559 g/mol. The van der Waals surface area contributed by atoms with Crippen LogP contribution in [0.4, 0.5) is 5.69 Å². The highest BCUT2D eigenvalue weighted by Gasteiger charge is 2.66. The van der Waals surface area contributed by atoms with Crippen LogP contribution in [0.3, 0.4) is 0 Å². The third-order valence-electron chi connectivity index (χ3n) is 6.78. The van der Waals surface area contributed by atoms with Crippen LogP contribution in [0, 0.1) is 23.7 Å². The lowest BCUT2D eigenvalue weighted by atomic mass is 9.81. The van der Waals surface area contributed by atoms with Crippen molar-refractivity contribution in [3.8, 4) is 0 Å². The summed E-state index contributed by atoms with van der Waals surface area (Å²) in [6.07, 6.45) is 0.874. The van der Waals surface area contributed by atoms with Crippen LogP contribution in [-0.4, -0.2) is 39.8 Å². The van der Waals surface area contributed by atoms with Gasteiger partial charge in [-0.1, -0.05) is 62.2 Å². The summed E-state index contributed by atoms with van der Waals surface area (Å²) in [5.41, 5.74) is 1.16. The largest absolute Gasteiger partial charge is 0.454 e. The third kappa shape index (κ3) is 3.35. The highest BCUT2D eigenvalue weighted by Crippen LogP contribution is 2.60. The number of rotatable bonds is 5. The number of nitrogens with zero attached hydrogens (tertiary/aromatic N) is 1. The summed E-state index contributed by atoms with van der Waals surface area (Å²) < 4.78 is 5.13. The number of carbonyl (C=O) groups is 4. The summed E-state index contributed by atoms with van der Waals surface area (Å²) in [4.78, 5) is 52.3. The van der Waals surface area contributed by atoms with E-state index in [0.29, 0.717) is 11.3 Å². The van der Waals surface area contributed by atoms with E-state index in [-0.39, 0.29) is 63.1 Å². The van der Waals surface area contributed by atoms with Crippen molar-refractivity contribution in [2.45, 2.75) is 16.1 Å². The predicted molar refractivity (Wildman–Crippen MR) is 124 cm³/mol. The maximum absolute atomic E-state index is 13.1. The molecular formula is C24H19Br2NO5. The van der Waals surface area contributed by atoms with Crippen LogP contribution in [0.2, 0.25) is 0 Å². The van der Waals surface area contributed by atoms with Gasteiger partial charge in [0.05, 0.1) is 23.1 Å². The Morgan fingerprint density at radius 2 is 1.41 bits per heavy atom.